The molecule has 1 atom stereocenters. The van der Waals surface area contributed by atoms with Crippen molar-refractivity contribution in [3.05, 3.63) is 89.5 Å². The Hall–Kier alpha value is -3.85. The lowest BCUT2D eigenvalue weighted by Gasteiger charge is -2.34. The number of hydrogen-bond donors (Lipinski definition) is 1. The molecule has 0 saturated heterocycles. The van der Waals surface area contributed by atoms with Crippen LogP contribution in [0.2, 0.25) is 0 Å². The van der Waals surface area contributed by atoms with Crippen molar-refractivity contribution < 1.29 is 22.7 Å². The number of benzene rings is 3. The molecule has 0 aromatic heterocycles. The number of hydrogen-bond acceptors (Lipinski definition) is 5. The van der Waals surface area contributed by atoms with Crippen LogP contribution in [0.3, 0.4) is 0 Å². The first-order chi connectivity index (χ1) is 21.1. The molecular weight excluding hydrogens is 574 g/mol. The first-order valence-corrected chi connectivity index (χ1v) is 17.0. The summed E-state index contributed by atoms with van der Waals surface area (Å²) in [5.74, 6) is -0.0575. The van der Waals surface area contributed by atoms with Crippen LogP contribution in [0.25, 0.3) is 0 Å². The van der Waals surface area contributed by atoms with Crippen molar-refractivity contribution in [1.82, 2.24) is 10.2 Å². The zero-order valence-corrected chi connectivity index (χ0v) is 27.1. The molecule has 9 heteroatoms. The maximum absolute atomic E-state index is 14.3. The van der Waals surface area contributed by atoms with Crippen LogP contribution in [0.4, 0.5) is 5.69 Å². The summed E-state index contributed by atoms with van der Waals surface area (Å²) in [4.78, 5) is 29.7. The fourth-order valence-electron chi connectivity index (χ4n) is 5.71. The Labute approximate surface area is 262 Å². The van der Waals surface area contributed by atoms with E-state index in [9.17, 15) is 18.0 Å². The molecule has 0 bridgehead atoms. The Balaban J connectivity index is 1.71. The largest absolute Gasteiger partial charge is 0.494 e. The summed E-state index contributed by atoms with van der Waals surface area (Å²) < 4.78 is 34.9. The number of rotatable bonds is 13. The van der Waals surface area contributed by atoms with Gasteiger partial charge in [0.1, 0.15) is 18.3 Å². The highest BCUT2D eigenvalue weighted by atomic mass is 32.2. The molecule has 1 fully saturated rings. The fourth-order valence-corrected chi connectivity index (χ4v) is 7.13. The Morgan fingerprint density at radius 1 is 0.909 bits per heavy atom. The third kappa shape index (κ3) is 8.40. The highest BCUT2D eigenvalue weighted by Gasteiger charge is 2.34. The van der Waals surface area contributed by atoms with Gasteiger partial charge in [0.15, 0.2) is 0 Å². The van der Waals surface area contributed by atoms with Crippen LogP contribution < -0.4 is 14.4 Å². The summed E-state index contributed by atoms with van der Waals surface area (Å²) >= 11 is 0. The van der Waals surface area contributed by atoms with E-state index in [-0.39, 0.29) is 23.4 Å². The highest BCUT2D eigenvalue weighted by molar-refractivity contribution is 7.92. The normalized spacial score (nSPS) is 14.5. The summed E-state index contributed by atoms with van der Waals surface area (Å²) in [6.07, 6.45) is 5.55. The second kappa shape index (κ2) is 15.2. The molecule has 0 unspecified atom stereocenters. The predicted octanol–water partition coefficient (Wildman–Crippen LogP) is 6.15. The molecule has 1 aliphatic rings. The number of sulfonamides is 1. The molecule has 2 amide bonds. The van der Waals surface area contributed by atoms with Gasteiger partial charge in [-0.25, -0.2) is 8.42 Å². The molecule has 3 aromatic rings. The maximum Gasteiger partial charge on any atom is 0.264 e. The molecule has 0 heterocycles. The van der Waals surface area contributed by atoms with E-state index in [1.54, 1.807) is 53.4 Å². The van der Waals surface area contributed by atoms with Crippen molar-refractivity contribution >= 4 is 27.5 Å². The number of amides is 2. The van der Waals surface area contributed by atoms with Crippen LogP contribution in [0, 0.1) is 13.8 Å². The van der Waals surface area contributed by atoms with E-state index < -0.39 is 28.5 Å². The maximum atomic E-state index is 14.3. The van der Waals surface area contributed by atoms with Gasteiger partial charge in [-0.3, -0.25) is 13.9 Å². The lowest BCUT2D eigenvalue weighted by molar-refractivity contribution is -0.140. The SMILES string of the molecule is CCOc1ccc(N(CC(=O)N(Cc2cccc(C)c2)[C@H](CC)C(=O)NC2CCCCC2)S(=O)(=O)c2ccc(C)cc2)cc1. The van der Waals surface area contributed by atoms with Gasteiger partial charge in [-0.05, 0) is 82.0 Å². The molecule has 8 nitrogen and oxygen atoms in total. The van der Waals surface area contributed by atoms with Gasteiger partial charge in [-0.15, -0.1) is 0 Å². The molecule has 1 N–H and O–H groups in total. The average Bonchev–Trinajstić information content (AvgIpc) is 3.01. The van der Waals surface area contributed by atoms with Crippen LogP contribution >= 0.6 is 0 Å². The van der Waals surface area contributed by atoms with E-state index in [2.05, 4.69) is 5.32 Å². The van der Waals surface area contributed by atoms with Crippen LogP contribution in [0.15, 0.2) is 77.7 Å². The topological polar surface area (TPSA) is 96.0 Å². The van der Waals surface area contributed by atoms with Gasteiger partial charge in [0.2, 0.25) is 11.8 Å². The fraction of sp³-hybridized carbons (Fsp3) is 0.429. The first kappa shape index (κ1) is 33.1. The molecule has 44 heavy (non-hydrogen) atoms. The standard InChI is InChI=1S/C35H45N3O5S/c1-5-33(35(40)36-29-13-8-7-9-14-29)37(24-28-12-10-11-27(4)23-28)34(39)25-38(30-17-19-31(20-18-30)43-6-2)44(41,42)32-21-15-26(3)16-22-32/h10-12,15-23,29,33H,5-9,13-14,24-25H2,1-4H3,(H,36,40)/t33-/m1/s1. The summed E-state index contributed by atoms with van der Waals surface area (Å²) in [5, 5.41) is 3.19. The van der Waals surface area contributed by atoms with Crippen molar-refractivity contribution in [3.63, 3.8) is 0 Å². The Kier molecular flexibility index (Phi) is 11.4. The van der Waals surface area contributed by atoms with Gasteiger partial charge < -0.3 is 15.0 Å². The Morgan fingerprint density at radius 2 is 1.59 bits per heavy atom. The zero-order valence-electron chi connectivity index (χ0n) is 26.3. The van der Waals surface area contributed by atoms with Crippen molar-refractivity contribution in [2.24, 2.45) is 0 Å². The summed E-state index contributed by atoms with van der Waals surface area (Å²) in [5.41, 5.74) is 3.16. The van der Waals surface area contributed by atoms with Gasteiger partial charge in [0.05, 0.1) is 17.2 Å². The molecule has 1 saturated carbocycles. The van der Waals surface area contributed by atoms with Crippen molar-refractivity contribution in [2.45, 2.75) is 89.7 Å². The van der Waals surface area contributed by atoms with Gasteiger partial charge in [-0.1, -0.05) is 73.7 Å². The molecule has 3 aromatic carbocycles. The Morgan fingerprint density at radius 3 is 2.20 bits per heavy atom. The number of aryl methyl sites for hydroxylation is 2. The predicted molar refractivity (Wildman–Crippen MR) is 174 cm³/mol. The van der Waals surface area contributed by atoms with Crippen LogP contribution in [-0.4, -0.2) is 50.4 Å². The monoisotopic (exact) mass is 619 g/mol. The minimum absolute atomic E-state index is 0.0806. The van der Waals surface area contributed by atoms with E-state index in [1.807, 2.05) is 52.0 Å². The molecular formula is C35H45N3O5S. The minimum Gasteiger partial charge on any atom is -0.494 e. The van der Waals surface area contributed by atoms with Crippen LogP contribution in [0.1, 0.15) is 69.1 Å². The van der Waals surface area contributed by atoms with Crippen molar-refractivity contribution in [3.8, 4) is 5.75 Å². The van der Waals surface area contributed by atoms with Crippen LogP contribution in [0.5, 0.6) is 5.75 Å². The van der Waals surface area contributed by atoms with Crippen LogP contribution in [-0.2, 0) is 26.2 Å². The number of nitrogens with zero attached hydrogens (tertiary/aromatic N) is 2. The summed E-state index contributed by atoms with van der Waals surface area (Å²) in [6, 6.07) is 20.4. The number of carbonyl (C=O) groups excluding carboxylic acids is 2. The third-order valence-electron chi connectivity index (χ3n) is 8.10. The lowest BCUT2D eigenvalue weighted by atomic mass is 9.95. The second-order valence-electron chi connectivity index (χ2n) is 11.5. The quantitative estimate of drug-likeness (QED) is 0.248. The van der Waals surface area contributed by atoms with Gasteiger partial charge >= 0.3 is 0 Å². The molecule has 236 valence electrons. The number of nitrogens with one attached hydrogen (secondary N) is 1. The molecule has 0 spiro atoms. The third-order valence-corrected chi connectivity index (χ3v) is 9.88. The van der Waals surface area contributed by atoms with E-state index >= 15 is 0 Å². The van der Waals surface area contributed by atoms with Gasteiger partial charge in [-0.2, -0.15) is 0 Å². The summed E-state index contributed by atoms with van der Waals surface area (Å²) in [7, 11) is -4.14. The first-order valence-electron chi connectivity index (χ1n) is 15.6. The Bertz CT molecular complexity index is 1500. The second-order valence-corrected chi connectivity index (χ2v) is 13.4. The highest BCUT2D eigenvalue weighted by Crippen LogP contribution is 2.27. The molecule has 0 aliphatic heterocycles. The van der Waals surface area contributed by atoms with Gasteiger partial charge in [0, 0.05) is 12.6 Å². The van der Waals surface area contributed by atoms with Crippen molar-refractivity contribution in [1.29, 1.82) is 0 Å². The van der Waals surface area contributed by atoms with Crippen molar-refractivity contribution in [2.75, 3.05) is 17.5 Å². The molecule has 1 aliphatic carbocycles. The number of carbonyl (C=O) groups is 2. The van der Waals surface area contributed by atoms with E-state index in [0.717, 1.165) is 46.7 Å². The molecule has 0 radical (unpaired) electrons. The zero-order chi connectivity index (χ0) is 31.7. The summed E-state index contributed by atoms with van der Waals surface area (Å²) in [6.45, 7) is 7.80. The average molecular weight is 620 g/mol. The number of anilines is 1. The van der Waals surface area contributed by atoms with Gasteiger partial charge in [0.25, 0.3) is 10.0 Å². The minimum atomic E-state index is -4.14. The smallest absolute Gasteiger partial charge is 0.264 e. The van der Waals surface area contributed by atoms with E-state index in [4.69, 9.17) is 4.74 Å². The number of ether oxygens (including phenoxy) is 1. The van der Waals surface area contributed by atoms with E-state index in [0.29, 0.717) is 24.5 Å². The molecule has 4 rings (SSSR count). The lowest BCUT2D eigenvalue weighted by Crippen LogP contribution is -2.54. The van der Waals surface area contributed by atoms with E-state index in [1.165, 1.54) is 6.42 Å².